The summed E-state index contributed by atoms with van der Waals surface area (Å²) in [5.74, 6) is 0.607. The van der Waals surface area contributed by atoms with Crippen LogP contribution in [0.2, 0.25) is 0 Å². The van der Waals surface area contributed by atoms with Gasteiger partial charge in [0.05, 0.1) is 5.69 Å². The number of halogens is 1. The molecule has 88 valence electrons. The second-order valence-corrected chi connectivity index (χ2v) is 3.86. The summed E-state index contributed by atoms with van der Waals surface area (Å²) in [6.07, 6.45) is 1.62. The topological polar surface area (TPSA) is 48.1 Å². The molecule has 4 heteroatoms. The normalized spacial score (nSPS) is 10.3. The van der Waals surface area contributed by atoms with Crippen LogP contribution < -0.4 is 10.5 Å². The Kier molecular flexibility index (Phi) is 2.95. The van der Waals surface area contributed by atoms with Crippen LogP contribution in [-0.4, -0.2) is 4.98 Å². The van der Waals surface area contributed by atoms with E-state index >= 15 is 0 Å². The molecule has 1 aromatic carbocycles. The highest BCUT2D eigenvalue weighted by molar-refractivity contribution is 5.55. The number of nitrogen functional groups attached to an aromatic ring is 1. The third kappa shape index (κ3) is 2.36. The van der Waals surface area contributed by atoms with E-state index in [2.05, 4.69) is 4.98 Å². The number of pyridine rings is 1. The third-order valence-electron chi connectivity index (χ3n) is 2.52. The van der Waals surface area contributed by atoms with Crippen molar-refractivity contribution in [3.8, 4) is 11.6 Å². The van der Waals surface area contributed by atoms with Gasteiger partial charge in [-0.05, 0) is 49.2 Å². The van der Waals surface area contributed by atoms with Crippen LogP contribution in [-0.2, 0) is 0 Å². The van der Waals surface area contributed by atoms with E-state index in [1.165, 1.54) is 12.1 Å². The van der Waals surface area contributed by atoms with Crippen LogP contribution in [0.1, 0.15) is 11.1 Å². The van der Waals surface area contributed by atoms with Gasteiger partial charge in [-0.2, -0.15) is 0 Å². The standard InChI is InChI=1S/C13H13FN2O/c1-8-5-6-16-13(12(8)15)17-11-4-3-10(14)7-9(11)2/h3-7H,15H2,1-2H3. The maximum atomic E-state index is 12.9. The predicted molar refractivity (Wildman–Crippen MR) is 64.6 cm³/mol. The first-order valence-electron chi connectivity index (χ1n) is 5.23. The second-order valence-electron chi connectivity index (χ2n) is 3.86. The first kappa shape index (κ1) is 11.4. The van der Waals surface area contributed by atoms with Gasteiger partial charge < -0.3 is 10.5 Å². The minimum absolute atomic E-state index is 0.292. The largest absolute Gasteiger partial charge is 0.437 e. The first-order valence-corrected chi connectivity index (χ1v) is 5.23. The summed E-state index contributed by atoms with van der Waals surface area (Å²) in [5, 5.41) is 0. The van der Waals surface area contributed by atoms with Crippen molar-refractivity contribution in [2.24, 2.45) is 0 Å². The van der Waals surface area contributed by atoms with Crippen LogP contribution >= 0.6 is 0 Å². The highest BCUT2D eigenvalue weighted by atomic mass is 19.1. The molecule has 0 unspecified atom stereocenters. The fourth-order valence-corrected chi connectivity index (χ4v) is 1.46. The van der Waals surface area contributed by atoms with Crippen LogP contribution in [0.3, 0.4) is 0 Å². The van der Waals surface area contributed by atoms with Crippen LogP contribution in [0.5, 0.6) is 11.6 Å². The number of anilines is 1. The molecule has 1 aromatic heterocycles. The molecule has 0 saturated carbocycles. The van der Waals surface area contributed by atoms with Gasteiger partial charge in [-0.1, -0.05) is 0 Å². The molecule has 0 aliphatic carbocycles. The summed E-state index contributed by atoms with van der Waals surface area (Å²) in [6.45, 7) is 3.64. The van der Waals surface area contributed by atoms with Crippen LogP contribution in [0, 0.1) is 19.7 Å². The fraction of sp³-hybridized carbons (Fsp3) is 0.154. The number of aryl methyl sites for hydroxylation is 2. The van der Waals surface area contributed by atoms with Gasteiger partial charge in [-0.25, -0.2) is 9.37 Å². The van der Waals surface area contributed by atoms with Gasteiger partial charge >= 0.3 is 0 Å². The Hall–Kier alpha value is -2.10. The van der Waals surface area contributed by atoms with E-state index in [1.807, 2.05) is 6.92 Å². The summed E-state index contributed by atoms with van der Waals surface area (Å²) < 4.78 is 18.5. The van der Waals surface area contributed by atoms with Gasteiger partial charge in [0.2, 0.25) is 5.88 Å². The van der Waals surface area contributed by atoms with E-state index < -0.39 is 0 Å². The zero-order chi connectivity index (χ0) is 12.4. The number of hydrogen-bond acceptors (Lipinski definition) is 3. The summed E-state index contributed by atoms with van der Waals surface area (Å²) in [4.78, 5) is 4.06. The lowest BCUT2D eigenvalue weighted by Gasteiger charge is -2.10. The number of hydrogen-bond donors (Lipinski definition) is 1. The lowest BCUT2D eigenvalue weighted by atomic mass is 10.2. The first-order chi connectivity index (χ1) is 8.08. The lowest BCUT2D eigenvalue weighted by Crippen LogP contribution is -1.98. The Morgan fingerprint density at radius 3 is 2.65 bits per heavy atom. The quantitative estimate of drug-likeness (QED) is 0.864. The molecule has 17 heavy (non-hydrogen) atoms. The van der Waals surface area contributed by atoms with Gasteiger partial charge in [0.25, 0.3) is 0 Å². The maximum absolute atomic E-state index is 12.9. The molecule has 2 N–H and O–H groups in total. The Morgan fingerprint density at radius 1 is 1.18 bits per heavy atom. The van der Waals surface area contributed by atoms with Crippen molar-refractivity contribution in [2.75, 3.05) is 5.73 Å². The third-order valence-corrected chi connectivity index (χ3v) is 2.52. The van der Waals surface area contributed by atoms with E-state index in [1.54, 1.807) is 25.3 Å². The molecule has 0 spiro atoms. The molecular weight excluding hydrogens is 219 g/mol. The molecule has 0 amide bonds. The van der Waals surface area contributed by atoms with Gasteiger partial charge in [0, 0.05) is 6.20 Å². The van der Waals surface area contributed by atoms with Gasteiger partial charge in [0.1, 0.15) is 11.6 Å². The van der Waals surface area contributed by atoms with E-state index in [4.69, 9.17) is 10.5 Å². The van der Waals surface area contributed by atoms with E-state index in [9.17, 15) is 4.39 Å². The van der Waals surface area contributed by atoms with Crippen molar-refractivity contribution in [1.82, 2.24) is 4.98 Å². The maximum Gasteiger partial charge on any atom is 0.242 e. The Bertz CT molecular complexity index is 555. The lowest BCUT2D eigenvalue weighted by molar-refractivity contribution is 0.460. The second kappa shape index (κ2) is 4.41. The molecule has 1 heterocycles. The zero-order valence-electron chi connectivity index (χ0n) is 9.70. The molecule has 0 aliphatic heterocycles. The number of benzene rings is 1. The van der Waals surface area contributed by atoms with Gasteiger partial charge in [-0.3, -0.25) is 0 Å². The molecule has 0 saturated heterocycles. The molecule has 2 rings (SSSR count). The fourth-order valence-electron chi connectivity index (χ4n) is 1.46. The summed E-state index contributed by atoms with van der Waals surface area (Å²) >= 11 is 0. The summed E-state index contributed by atoms with van der Waals surface area (Å²) in [7, 11) is 0. The number of nitrogens with two attached hydrogens (primary N) is 1. The van der Waals surface area contributed by atoms with Crippen molar-refractivity contribution in [1.29, 1.82) is 0 Å². The number of aromatic nitrogens is 1. The number of rotatable bonds is 2. The number of ether oxygens (including phenoxy) is 1. The van der Waals surface area contributed by atoms with Crippen molar-refractivity contribution in [2.45, 2.75) is 13.8 Å². The Morgan fingerprint density at radius 2 is 1.94 bits per heavy atom. The summed E-state index contributed by atoms with van der Waals surface area (Å²) in [5.41, 5.74) is 7.94. The minimum atomic E-state index is -0.292. The van der Waals surface area contributed by atoms with Crippen LogP contribution in [0.25, 0.3) is 0 Å². The van der Waals surface area contributed by atoms with Crippen molar-refractivity contribution < 1.29 is 9.13 Å². The van der Waals surface area contributed by atoms with E-state index in [-0.39, 0.29) is 5.82 Å². The highest BCUT2D eigenvalue weighted by Crippen LogP contribution is 2.29. The van der Waals surface area contributed by atoms with Crippen molar-refractivity contribution in [3.63, 3.8) is 0 Å². The van der Waals surface area contributed by atoms with Gasteiger partial charge in [-0.15, -0.1) is 0 Å². The molecule has 3 nitrogen and oxygen atoms in total. The van der Waals surface area contributed by atoms with E-state index in [0.717, 1.165) is 5.56 Å². The summed E-state index contributed by atoms with van der Waals surface area (Å²) in [6, 6.07) is 6.11. The molecule has 0 atom stereocenters. The predicted octanol–water partition coefficient (Wildman–Crippen LogP) is 3.21. The monoisotopic (exact) mass is 232 g/mol. The highest BCUT2D eigenvalue weighted by Gasteiger charge is 2.08. The average Bonchev–Trinajstić information content (AvgIpc) is 2.28. The average molecular weight is 232 g/mol. The van der Waals surface area contributed by atoms with E-state index in [0.29, 0.717) is 22.9 Å². The van der Waals surface area contributed by atoms with Crippen molar-refractivity contribution >= 4 is 5.69 Å². The Labute approximate surface area is 99.1 Å². The molecule has 0 aliphatic rings. The SMILES string of the molecule is Cc1cc(F)ccc1Oc1nccc(C)c1N. The molecule has 0 bridgehead atoms. The van der Waals surface area contributed by atoms with Crippen LogP contribution in [0.15, 0.2) is 30.5 Å². The minimum Gasteiger partial charge on any atom is -0.437 e. The van der Waals surface area contributed by atoms with Gasteiger partial charge in [0.15, 0.2) is 0 Å². The smallest absolute Gasteiger partial charge is 0.242 e. The Balaban J connectivity index is 2.35. The molecular formula is C13H13FN2O. The molecule has 2 aromatic rings. The molecule has 0 fully saturated rings. The van der Waals surface area contributed by atoms with Crippen molar-refractivity contribution in [3.05, 3.63) is 47.4 Å². The van der Waals surface area contributed by atoms with Crippen LogP contribution in [0.4, 0.5) is 10.1 Å². The number of nitrogens with zero attached hydrogens (tertiary/aromatic N) is 1. The zero-order valence-corrected chi connectivity index (χ0v) is 9.70. The molecule has 0 radical (unpaired) electrons.